The molecule has 1 aromatic heterocycles. The van der Waals surface area contributed by atoms with Crippen LogP contribution in [0.5, 0.6) is 0 Å². The van der Waals surface area contributed by atoms with Gasteiger partial charge in [0.15, 0.2) is 5.78 Å². The molecule has 1 fully saturated rings. The molecule has 0 saturated carbocycles. The minimum absolute atomic E-state index is 0.0132. The number of hydrogen-bond acceptors (Lipinski definition) is 5. The first-order valence-corrected chi connectivity index (χ1v) is 10.2. The standard InChI is InChI=1S/C22H24N4O4/c27-19-8-4-7-18-16(19)13-17(21(29)24-18)22(30)26-11-9-25(10-12-26)14-20(28)23-15-5-2-1-3-6-15/h1-3,5-6,13H,4,7-12,14H2,(H,23,28)(H,24,29). The van der Waals surface area contributed by atoms with Crippen molar-refractivity contribution in [2.24, 2.45) is 0 Å². The molecule has 1 aliphatic heterocycles. The van der Waals surface area contributed by atoms with E-state index in [2.05, 4.69) is 10.3 Å². The number of anilines is 1. The summed E-state index contributed by atoms with van der Waals surface area (Å²) in [5, 5.41) is 2.85. The first kappa shape index (κ1) is 20.0. The molecule has 0 radical (unpaired) electrons. The first-order valence-electron chi connectivity index (χ1n) is 10.2. The summed E-state index contributed by atoms with van der Waals surface area (Å²) < 4.78 is 0. The summed E-state index contributed by atoms with van der Waals surface area (Å²) in [6.07, 6.45) is 1.81. The number of rotatable bonds is 4. The van der Waals surface area contributed by atoms with Crippen LogP contribution in [0.25, 0.3) is 0 Å². The van der Waals surface area contributed by atoms with Gasteiger partial charge in [-0.05, 0) is 31.0 Å². The highest BCUT2D eigenvalue weighted by Gasteiger charge is 2.27. The van der Waals surface area contributed by atoms with Crippen molar-refractivity contribution < 1.29 is 14.4 Å². The van der Waals surface area contributed by atoms with Gasteiger partial charge in [-0.15, -0.1) is 0 Å². The number of hydrogen-bond donors (Lipinski definition) is 2. The Morgan fingerprint density at radius 2 is 1.73 bits per heavy atom. The minimum atomic E-state index is -0.446. The number of benzene rings is 1. The number of aryl methyl sites for hydroxylation is 1. The largest absolute Gasteiger partial charge is 0.336 e. The number of nitrogens with one attached hydrogen (secondary N) is 2. The van der Waals surface area contributed by atoms with Crippen molar-refractivity contribution in [2.75, 3.05) is 38.0 Å². The Morgan fingerprint density at radius 1 is 1.00 bits per heavy atom. The van der Waals surface area contributed by atoms with E-state index in [-0.39, 0.29) is 29.7 Å². The van der Waals surface area contributed by atoms with E-state index in [0.29, 0.717) is 50.3 Å². The zero-order valence-electron chi connectivity index (χ0n) is 16.6. The SMILES string of the molecule is O=C(CN1CCN(C(=O)c2cc3c([nH]c2=O)CCCC3=O)CC1)Nc1ccccc1. The van der Waals surface area contributed by atoms with Crippen LogP contribution in [-0.2, 0) is 11.2 Å². The zero-order valence-corrected chi connectivity index (χ0v) is 16.6. The quantitative estimate of drug-likeness (QED) is 0.794. The molecule has 0 bridgehead atoms. The van der Waals surface area contributed by atoms with E-state index in [1.807, 2.05) is 35.2 Å². The lowest BCUT2D eigenvalue weighted by Gasteiger charge is -2.34. The number of para-hydroxylation sites is 1. The molecule has 0 spiro atoms. The normalized spacial score (nSPS) is 16.8. The van der Waals surface area contributed by atoms with Crippen molar-refractivity contribution in [2.45, 2.75) is 19.3 Å². The number of aromatic amines is 1. The highest BCUT2D eigenvalue weighted by molar-refractivity contribution is 6.01. The van der Waals surface area contributed by atoms with Crippen molar-refractivity contribution in [3.63, 3.8) is 0 Å². The molecule has 0 unspecified atom stereocenters. The number of H-pyrrole nitrogens is 1. The van der Waals surface area contributed by atoms with Gasteiger partial charge in [0, 0.05) is 49.5 Å². The number of piperazine rings is 1. The molecular weight excluding hydrogens is 384 g/mol. The molecule has 2 N–H and O–H groups in total. The van der Waals surface area contributed by atoms with Crippen molar-refractivity contribution in [3.8, 4) is 0 Å². The molecule has 1 aromatic carbocycles. The van der Waals surface area contributed by atoms with E-state index >= 15 is 0 Å². The summed E-state index contributed by atoms with van der Waals surface area (Å²) in [5.74, 6) is -0.507. The lowest BCUT2D eigenvalue weighted by Crippen LogP contribution is -2.51. The van der Waals surface area contributed by atoms with E-state index in [9.17, 15) is 19.2 Å². The van der Waals surface area contributed by atoms with E-state index in [4.69, 9.17) is 0 Å². The summed E-state index contributed by atoms with van der Waals surface area (Å²) in [4.78, 5) is 55.9. The zero-order chi connectivity index (χ0) is 21.1. The Balaban J connectivity index is 1.36. The van der Waals surface area contributed by atoms with Crippen molar-refractivity contribution >= 4 is 23.3 Å². The third-order valence-corrected chi connectivity index (χ3v) is 5.57. The highest BCUT2D eigenvalue weighted by Crippen LogP contribution is 2.19. The van der Waals surface area contributed by atoms with Gasteiger partial charge < -0.3 is 15.2 Å². The molecule has 8 nitrogen and oxygen atoms in total. The number of carbonyl (C=O) groups is 3. The molecule has 4 rings (SSSR count). The smallest absolute Gasteiger partial charge is 0.261 e. The van der Waals surface area contributed by atoms with Gasteiger partial charge in [0.25, 0.3) is 11.5 Å². The summed E-state index contributed by atoms with van der Waals surface area (Å²) >= 11 is 0. The molecule has 1 aliphatic carbocycles. The minimum Gasteiger partial charge on any atom is -0.336 e. The number of fused-ring (bicyclic) bond motifs is 1. The number of pyridine rings is 1. The van der Waals surface area contributed by atoms with Crippen LogP contribution in [0, 0.1) is 0 Å². The summed E-state index contributed by atoms with van der Waals surface area (Å²) in [7, 11) is 0. The van der Waals surface area contributed by atoms with Crippen LogP contribution in [0.4, 0.5) is 5.69 Å². The maximum Gasteiger partial charge on any atom is 0.261 e. The lowest BCUT2D eigenvalue weighted by atomic mass is 9.93. The van der Waals surface area contributed by atoms with Gasteiger partial charge in [-0.3, -0.25) is 24.1 Å². The summed E-state index contributed by atoms with van der Waals surface area (Å²) in [6.45, 7) is 2.15. The van der Waals surface area contributed by atoms with Crippen LogP contribution in [-0.4, -0.2) is 65.1 Å². The fraction of sp³-hybridized carbons (Fsp3) is 0.364. The number of Topliss-reactive ketones (excluding diaryl/α,β-unsaturated/α-hetero) is 1. The van der Waals surface area contributed by atoms with E-state index in [1.165, 1.54) is 6.07 Å². The Kier molecular flexibility index (Phi) is 5.76. The molecule has 156 valence electrons. The molecule has 30 heavy (non-hydrogen) atoms. The topological polar surface area (TPSA) is 103 Å². The van der Waals surface area contributed by atoms with Crippen molar-refractivity contribution in [3.05, 3.63) is 63.6 Å². The number of carbonyl (C=O) groups excluding carboxylic acids is 3. The third kappa shape index (κ3) is 4.33. The third-order valence-electron chi connectivity index (χ3n) is 5.57. The van der Waals surface area contributed by atoms with Crippen LogP contribution in [0.15, 0.2) is 41.2 Å². The Morgan fingerprint density at radius 3 is 2.47 bits per heavy atom. The van der Waals surface area contributed by atoms with Crippen molar-refractivity contribution in [1.82, 2.24) is 14.8 Å². The van der Waals surface area contributed by atoms with Gasteiger partial charge >= 0.3 is 0 Å². The number of aromatic nitrogens is 1. The fourth-order valence-corrected chi connectivity index (χ4v) is 3.94. The van der Waals surface area contributed by atoms with Crippen LogP contribution in [0.2, 0.25) is 0 Å². The second-order valence-electron chi connectivity index (χ2n) is 7.66. The van der Waals surface area contributed by atoms with Gasteiger partial charge in [0.05, 0.1) is 6.54 Å². The molecule has 2 heterocycles. The van der Waals surface area contributed by atoms with E-state index in [0.717, 1.165) is 12.1 Å². The molecular formula is C22H24N4O4. The predicted molar refractivity (Wildman–Crippen MR) is 112 cm³/mol. The highest BCUT2D eigenvalue weighted by atomic mass is 16.2. The molecule has 2 amide bonds. The molecule has 2 aromatic rings. The second-order valence-corrected chi connectivity index (χ2v) is 7.66. The van der Waals surface area contributed by atoms with Crippen LogP contribution in [0.1, 0.15) is 39.3 Å². The average Bonchev–Trinajstić information content (AvgIpc) is 2.74. The van der Waals surface area contributed by atoms with Gasteiger partial charge in [-0.1, -0.05) is 18.2 Å². The Labute approximate surface area is 173 Å². The maximum absolute atomic E-state index is 12.9. The van der Waals surface area contributed by atoms with Crippen LogP contribution in [0.3, 0.4) is 0 Å². The predicted octanol–water partition coefficient (Wildman–Crippen LogP) is 1.29. The molecule has 8 heteroatoms. The van der Waals surface area contributed by atoms with Crippen LogP contribution < -0.4 is 10.9 Å². The number of amides is 2. The number of nitrogens with zero attached hydrogens (tertiary/aromatic N) is 2. The van der Waals surface area contributed by atoms with Crippen molar-refractivity contribution in [1.29, 1.82) is 0 Å². The number of ketones is 1. The summed E-state index contributed by atoms with van der Waals surface area (Å²) in [6, 6.07) is 10.7. The van der Waals surface area contributed by atoms with Gasteiger partial charge in [-0.2, -0.15) is 0 Å². The summed E-state index contributed by atoms with van der Waals surface area (Å²) in [5.41, 5.74) is 1.40. The Bertz CT molecular complexity index is 1020. The second kappa shape index (κ2) is 8.62. The fourth-order valence-electron chi connectivity index (χ4n) is 3.94. The van der Waals surface area contributed by atoms with Gasteiger partial charge in [0.1, 0.15) is 5.56 Å². The van der Waals surface area contributed by atoms with Gasteiger partial charge in [-0.25, -0.2) is 0 Å². The van der Waals surface area contributed by atoms with Crippen LogP contribution >= 0.6 is 0 Å². The van der Waals surface area contributed by atoms with E-state index < -0.39 is 5.56 Å². The monoisotopic (exact) mass is 408 g/mol. The average molecular weight is 408 g/mol. The maximum atomic E-state index is 12.9. The first-order chi connectivity index (χ1) is 14.5. The molecule has 2 aliphatic rings. The molecule has 1 saturated heterocycles. The van der Waals surface area contributed by atoms with Gasteiger partial charge in [0.2, 0.25) is 5.91 Å². The lowest BCUT2D eigenvalue weighted by molar-refractivity contribution is -0.117. The Hall–Kier alpha value is -3.26. The molecule has 0 atom stereocenters. The van der Waals surface area contributed by atoms with E-state index in [1.54, 1.807) is 4.90 Å².